The summed E-state index contributed by atoms with van der Waals surface area (Å²) in [5.74, 6) is -0.0264. The molecule has 1 amide bonds. The highest BCUT2D eigenvalue weighted by Crippen LogP contribution is 2.15. The summed E-state index contributed by atoms with van der Waals surface area (Å²) in [7, 11) is 1.78. The average Bonchev–Trinajstić information content (AvgIpc) is 3.08. The maximum absolute atomic E-state index is 12.1. The van der Waals surface area contributed by atoms with Crippen molar-refractivity contribution in [2.45, 2.75) is 6.54 Å². The second-order valence-electron chi connectivity index (χ2n) is 4.33. The van der Waals surface area contributed by atoms with Crippen molar-refractivity contribution in [2.75, 3.05) is 7.05 Å². The molecule has 6 heteroatoms. The van der Waals surface area contributed by atoms with Crippen molar-refractivity contribution in [3.63, 3.8) is 0 Å². The molecule has 0 aliphatic rings. The minimum Gasteiger partial charge on any atom is -0.357 e. The monoisotopic (exact) mass is 272 g/mol. The number of aromatic nitrogens is 3. The van der Waals surface area contributed by atoms with Crippen LogP contribution in [0.2, 0.25) is 0 Å². The summed E-state index contributed by atoms with van der Waals surface area (Å²) in [5.41, 5.74) is 3.41. The highest BCUT2D eigenvalue weighted by molar-refractivity contribution is 7.00. The zero-order chi connectivity index (χ0) is 13.2. The lowest BCUT2D eigenvalue weighted by atomic mass is 10.2. The summed E-state index contributed by atoms with van der Waals surface area (Å²) in [4.78, 5) is 16.7. The van der Waals surface area contributed by atoms with Gasteiger partial charge >= 0.3 is 0 Å². The third-order valence-electron chi connectivity index (χ3n) is 2.91. The van der Waals surface area contributed by atoms with Crippen LogP contribution in [-0.4, -0.2) is 31.6 Å². The Kier molecular flexibility index (Phi) is 3.00. The molecule has 0 saturated heterocycles. The van der Waals surface area contributed by atoms with Gasteiger partial charge in [-0.05, 0) is 29.8 Å². The number of carbonyl (C=O) groups excluding carboxylic acids is 1. The van der Waals surface area contributed by atoms with Gasteiger partial charge in [0, 0.05) is 19.8 Å². The standard InChI is InChI=1S/C13H12N4OS/c1-17(13(18)11-3-2-6-14-11)8-9-4-5-10-12(7-9)16-19-15-10/h2-7,14H,8H2,1H3. The summed E-state index contributed by atoms with van der Waals surface area (Å²) in [6.07, 6.45) is 1.74. The van der Waals surface area contributed by atoms with Gasteiger partial charge in [0.1, 0.15) is 16.7 Å². The fraction of sp³-hybridized carbons (Fsp3) is 0.154. The molecule has 0 saturated carbocycles. The van der Waals surface area contributed by atoms with Crippen LogP contribution < -0.4 is 0 Å². The summed E-state index contributed by atoms with van der Waals surface area (Å²) in [5, 5.41) is 0. The Morgan fingerprint density at radius 2 is 2.16 bits per heavy atom. The van der Waals surface area contributed by atoms with Gasteiger partial charge in [0.25, 0.3) is 5.91 Å². The Balaban J connectivity index is 1.78. The minimum absolute atomic E-state index is 0.0264. The van der Waals surface area contributed by atoms with Crippen LogP contribution in [0, 0.1) is 0 Å². The molecule has 3 aromatic rings. The predicted octanol–water partition coefficient (Wildman–Crippen LogP) is 2.29. The first-order valence-electron chi connectivity index (χ1n) is 5.84. The minimum atomic E-state index is -0.0264. The number of rotatable bonds is 3. The highest BCUT2D eigenvalue weighted by atomic mass is 32.1. The van der Waals surface area contributed by atoms with Gasteiger partial charge in [-0.15, -0.1) is 0 Å². The quantitative estimate of drug-likeness (QED) is 0.795. The van der Waals surface area contributed by atoms with E-state index < -0.39 is 0 Å². The molecule has 0 unspecified atom stereocenters. The first kappa shape index (κ1) is 11.9. The molecule has 19 heavy (non-hydrogen) atoms. The van der Waals surface area contributed by atoms with Gasteiger partial charge in [0.2, 0.25) is 0 Å². The molecule has 1 aromatic carbocycles. The van der Waals surface area contributed by atoms with Crippen LogP contribution in [0.5, 0.6) is 0 Å². The second-order valence-corrected chi connectivity index (χ2v) is 4.86. The molecular formula is C13H12N4OS. The van der Waals surface area contributed by atoms with Crippen LogP contribution in [0.4, 0.5) is 0 Å². The van der Waals surface area contributed by atoms with E-state index in [0.29, 0.717) is 12.2 Å². The van der Waals surface area contributed by atoms with Gasteiger partial charge in [-0.25, -0.2) is 0 Å². The topological polar surface area (TPSA) is 61.9 Å². The SMILES string of the molecule is CN(Cc1ccc2nsnc2c1)C(=O)c1ccc[nH]1. The van der Waals surface area contributed by atoms with Crippen LogP contribution in [0.15, 0.2) is 36.5 Å². The van der Waals surface area contributed by atoms with Crippen LogP contribution in [0.3, 0.4) is 0 Å². The number of aromatic amines is 1. The first-order chi connectivity index (χ1) is 9.24. The number of carbonyl (C=O) groups is 1. The van der Waals surface area contributed by atoms with Crippen molar-refractivity contribution in [3.8, 4) is 0 Å². The maximum Gasteiger partial charge on any atom is 0.270 e. The van der Waals surface area contributed by atoms with E-state index in [1.807, 2.05) is 24.3 Å². The smallest absolute Gasteiger partial charge is 0.270 e. The molecule has 0 atom stereocenters. The van der Waals surface area contributed by atoms with Gasteiger partial charge in [-0.2, -0.15) is 8.75 Å². The molecule has 0 fully saturated rings. The Morgan fingerprint density at radius 3 is 2.95 bits per heavy atom. The van der Waals surface area contributed by atoms with Gasteiger partial charge in [-0.1, -0.05) is 6.07 Å². The van der Waals surface area contributed by atoms with E-state index in [2.05, 4.69) is 13.7 Å². The Bertz CT molecular complexity index is 704. The largest absolute Gasteiger partial charge is 0.357 e. The number of fused-ring (bicyclic) bond motifs is 1. The molecule has 1 N–H and O–H groups in total. The van der Waals surface area contributed by atoms with Gasteiger partial charge in [-0.3, -0.25) is 4.79 Å². The molecule has 0 spiro atoms. The van der Waals surface area contributed by atoms with Crippen LogP contribution in [0.1, 0.15) is 16.1 Å². The van der Waals surface area contributed by atoms with E-state index in [-0.39, 0.29) is 5.91 Å². The third-order valence-corrected chi connectivity index (χ3v) is 3.47. The lowest BCUT2D eigenvalue weighted by molar-refractivity contribution is 0.0780. The van der Waals surface area contributed by atoms with Crippen LogP contribution in [-0.2, 0) is 6.54 Å². The fourth-order valence-electron chi connectivity index (χ4n) is 1.94. The lowest BCUT2D eigenvalue weighted by Gasteiger charge is -2.16. The van der Waals surface area contributed by atoms with Crippen molar-refractivity contribution in [1.82, 2.24) is 18.6 Å². The Labute approximate surface area is 114 Å². The van der Waals surface area contributed by atoms with E-state index in [1.165, 1.54) is 11.7 Å². The number of nitrogens with one attached hydrogen (secondary N) is 1. The summed E-state index contributed by atoms with van der Waals surface area (Å²) in [6, 6.07) is 9.46. The van der Waals surface area contributed by atoms with E-state index >= 15 is 0 Å². The van der Waals surface area contributed by atoms with Crippen LogP contribution >= 0.6 is 11.7 Å². The lowest BCUT2D eigenvalue weighted by Crippen LogP contribution is -2.26. The molecule has 5 nitrogen and oxygen atoms in total. The molecule has 0 radical (unpaired) electrons. The Hall–Kier alpha value is -2.21. The Morgan fingerprint density at radius 1 is 1.32 bits per heavy atom. The number of benzene rings is 1. The molecular weight excluding hydrogens is 260 g/mol. The molecule has 3 rings (SSSR count). The van der Waals surface area contributed by atoms with Crippen molar-refractivity contribution in [1.29, 1.82) is 0 Å². The summed E-state index contributed by atoms with van der Waals surface area (Å²) in [6.45, 7) is 0.547. The molecule has 2 aromatic heterocycles. The number of hydrogen-bond donors (Lipinski definition) is 1. The van der Waals surface area contributed by atoms with Gasteiger partial charge in [0.05, 0.1) is 11.7 Å². The van der Waals surface area contributed by atoms with Crippen molar-refractivity contribution in [2.24, 2.45) is 0 Å². The number of amides is 1. The highest BCUT2D eigenvalue weighted by Gasteiger charge is 2.12. The molecule has 0 aliphatic carbocycles. The van der Waals surface area contributed by atoms with E-state index in [1.54, 1.807) is 24.2 Å². The average molecular weight is 272 g/mol. The predicted molar refractivity (Wildman–Crippen MR) is 74.0 cm³/mol. The third kappa shape index (κ3) is 2.34. The first-order valence-corrected chi connectivity index (χ1v) is 6.57. The normalized spacial score (nSPS) is 10.8. The number of nitrogens with zero attached hydrogens (tertiary/aromatic N) is 3. The van der Waals surface area contributed by atoms with E-state index in [9.17, 15) is 4.79 Å². The van der Waals surface area contributed by atoms with Crippen LogP contribution in [0.25, 0.3) is 11.0 Å². The van der Waals surface area contributed by atoms with Gasteiger partial charge < -0.3 is 9.88 Å². The van der Waals surface area contributed by atoms with Crippen molar-refractivity contribution >= 4 is 28.7 Å². The van der Waals surface area contributed by atoms with Crippen molar-refractivity contribution < 1.29 is 4.79 Å². The van der Waals surface area contributed by atoms with E-state index in [4.69, 9.17) is 0 Å². The van der Waals surface area contributed by atoms with Gasteiger partial charge in [0.15, 0.2) is 0 Å². The number of hydrogen-bond acceptors (Lipinski definition) is 4. The maximum atomic E-state index is 12.1. The fourth-order valence-corrected chi connectivity index (χ4v) is 2.46. The molecule has 0 bridgehead atoms. The number of H-pyrrole nitrogens is 1. The molecule has 2 heterocycles. The zero-order valence-corrected chi connectivity index (χ0v) is 11.1. The van der Waals surface area contributed by atoms with Crippen molar-refractivity contribution in [3.05, 3.63) is 47.8 Å². The second kappa shape index (κ2) is 4.81. The molecule has 96 valence electrons. The summed E-state index contributed by atoms with van der Waals surface area (Å²) < 4.78 is 8.36. The summed E-state index contributed by atoms with van der Waals surface area (Å²) >= 11 is 1.20. The molecule has 0 aliphatic heterocycles. The zero-order valence-electron chi connectivity index (χ0n) is 10.3. The van der Waals surface area contributed by atoms with E-state index in [0.717, 1.165) is 16.6 Å².